The Morgan fingerprint density at radius 3 is 2.50 bits per heavy atom. The monoisotopic (exact) mass is 419 g/mol. The molecular formula is C24H18ClNO4. The van der Waals surface area contributed by atoms with Crippen LogP contribution in [0.4, 0.5) is 5.69 Å². The Kier molecular flexibility index (Phi) is 5.55. The first kappa shape index (κ1) is 19.7. The molecule has 0 radical (unpaired) electrons. The van der Waals surface area contributed by atoms with Gasteiger partial charge in [0.25, 0.3) is 5.91 Å². The molecule has 6 heteroatoms. The standard InChI is InChI=1S/C24H18ClNO4/c1-15-7-9-17(10-8-15)26-23(27)14-29-22-13-21-19(11-20(22)25)18(12-24(28)30-21)16-5-3-2-4-6-16/h2-13H,14H2,1H3,(H,26,27). The van der Waals surface area contributed by atoms with E-state index in [-0.39, 0.29) is 18.3 Å². The fourth-order valence-corrected chi connectivity index (χ4v) is 3.33. The maximum absolute atomic E-state index is 12.2. The second-order valence-electron chi connectivity index (χ2n) is 6.83. The molecule has 1 amide bonds. The molecule has 3 aromatic carbocycles. The Labute approximate surface area is 177 Å². The lowest BCUT2D eigenvalue weighted by molar-refractivity contribution is -0.118. The zero-order valence-corrected chi connectivity index (χ0v) is 16.9. The molecule has 30 heavy (non-hydrogen) atoms. The van der Waals surface area contributed by atoms with Crippen LogP contribution in [0.2, 0.25) is 5.02 Å². The summed E-state index contributed by atoms with van der Waals surface area (Å²) in [5.74, 6) is -0.0638. The molecule has 0 bridgehead atoms. The zero-order valence-electron chi connectivity index (χ0n) is 16.1. The summed E-state index contributed by atoms with van der Waals surface area (Å²) in [6.07, 6.45) is 0. The molecule has 1 N–H and O–H groups in total. The molecule has 0 saturated carbocycles. The van der Waals surface area contributed by atoms with Gasteiger partial charge in [0.05, 0.1) is 5.02 Å². The van der Waals surface area contributed by atoms with Gasteiger partial charge in [-0.15, -0.1) is 0 Å². The van der Waals surface area contributed by atoms with Crippen molar-refractivity contribution < 1.29 is 13.9 Å². The van der Waals surface area contributed by atoms with Gasteiger partial charge in [-0.25, -0.2) is 4.79 Å². The second-order valence-corrected chi connectivity index (χ2v) is 7.23. The van der Waals surface area contributed by atoms with Crippen molar-refractivity contribution in [2.75, 3.05) is 11.9 Å². The van der Waals surface area contributed by atoms with Crippen LogP contribution in [-0.2, 0) is 4.79 Å². The Balaban J connectivity index is 1.58. The summed E-state index contributed by atoms with van der Waals surface area (Å²) >= 11 is 6.39. The molecular weight excluding hydrogens is 402 g/mol. The van der Waals surface area contributed by atoms with Gasteiger partial charge >= 0.3 is 5.63 Å². The number of anilines is 1. The van der Waals surface area contributed by atoms with Gasteiger partial charge in [0.15, 0.2) is 6.61 Å². The van der Waals surface area contributed by atoms with Crippen molar-refractivity contribution in [1.82, 2.24) is 0 Å². The predicted octanol–water partition coefficient (Wildman–Crippen LogP) is 5.44. The highest BCUT2D eigenvalue weighted by Crippen LogP contribution is 2.34. The summed E-state index contributed by atoms with van der Waals surface area (Å²) in [4.78, 5) is 24.2. The van der Waals surface area contributed by atoms with Gasteiger partial charge < -0.3 is 14.5 Å². The van der Waals surface area contributed by atoms with Gasteiger partial charge in [0.2, 0.25) is 0 Å². The van der Waals surface area contributed by atoms with Crippen molar-refractivity contribution in [2.24, 2.45) is 0 Å². The lowest BCUT2D eigenvalue weighted by Gasteiger charge is -2.11. The van der Waals surface area contributed by atoms with Gasteiger partial charge in [-0.1, -0.05) is 59.6 Å². The molecule has 0 aliphatic heterocycles. The Bertz CT molecular complexity index is 1260. The van der Waals surface area contributed by atoms with Crippen LogP contribution < -0.4 is 15.7 Å². The van der Waals surface area contributed by atoms with E-state index in [9.17, 15) is 9.59 Å². The summed E-state index contributed by atoms with van der Waals surface area (Å²) in [7, 11) is 0. The minimum Gasteiger partial charge on any atom is -0.482 e. The quantitative estimate of drug-likeness (QED) is 0.437. The smallest absolute Gasteiger partial charge is 0.336 e. The number of fused-ring (bicyclic) bond motifs is 1. The van der Waals surface area contributed by atoms with E-state index in [0.717, 1.165) is 11.1 Å². The highest BCUT2D eigenvalue weighted by Gasteiger charge is 2.13. The Morgan fingerprint density at radius 1 is 1.03 bits per heavy atom. The van der Waals surface area contributed by atoms with Crippen LogP contribution in [0.5, 0.6) is 5.75 Å². The molecule has 0 fully saturated rings. The molecule has 4 rings (SSSR count). The number of rotatable bonds is 5. The van der Waals surface area contributed by atoms with E-state index in [1.165, 1.54) is 12.1 Å². The fraction of sp³-hybridized carbons (Fsp3) is 0.0833. The van der Waals surface area contributed by atoms with E-state index >= 15 is 0 Å². The van der Waals surface area contributed by atoms with E-state index in [0.29, 0.717) is 27.2 Å². The van der Waals surface area contributed by atoms with Gasteiger partial charge in [0, 0.05) is 23.2 Å². The Morgan fingerprint density at radius 2 is 1.77 bits per heavy atom. The lowest BCUT2D eigenvalue weighted by atomic mass is 10.0. The number of nitrogens with one attached hydrogen (secondary N) is 1. The number of benzene rings is 3. The summed E-state index contributed by atoms with van der Waals surface area (Å²) < 4.78 is 10.9. The van der Waals surface area contributed by atoms with Gasteiger partial charge in [0.1, 0.15) is 11.3 Å². The molecule has 0 spiro atoms. The zero-order chi connectivity index (χ0) is 21.1. The van der Waals surface area contributed by atoms with Crippen LogP contribution in [0, 0.1) is 6.92 Å². The summed E-state index contributed by atoms with van der Waals surface area (Å²) in [6, 6.07) is 21.6. The average molecular weight is 420 g/mol. The van der Waals surface area contributed by atoms with Crippen LogP contribution in [0.3, 0.4) is 0 Å². The normalized spacial score (nSPS) is 10.7. The van der Waals surface area contributed by atoms with Gasteiger partial charge in [-0.3, -0.25) is 4.79 Å². The van der Waals surface area contributed by atoms with Crippen LogP contribution in [0.1, 0.15) is 5.56 Å². The van der Waals surface area contributed by atoms with Crippen molar-refractivity contribution >= 4 is 34.2 Å². The average Bonchev–Trinajstić information content (AvgIpc) is 2.74. The number of hydrogen-bond acceptors (Lipinski definition) is 4. The van der Waals surface area contributed by atoms with Crippen molar-refractivity contribution in [1.29, 1.82) is 0 Å². The van der Waals surface area contributed by atoms with E-state index < -0.39 is 5.63 Å². The summed E-state index contributed by atoms with van der Waals surface area (Å²) in [6.45, 7) is 1.74. The fourth-order valence-electron chi connectivity index (χ4n) is 3.11. The van der Waals surface area contributed by atoms with Gasteiger partial charge in [-0.05, 0) is 36.2 Å². The number of halogens is 1. The SMILES string of the molecule is Cc1ccc(NC(=O)COc2cc3oc(=O)cc(-c4ccccc4)c3cc2Cl)cc1. The minimum atomic E-state index is -0.480. The summed E-state index contributed by atoms with van der Waals surface area (Å²) in [5.41, 5.74) is 3.22. The van der Waals surface area contributed by atoms with E-state index in [1.807, 2.05) is 61.5 Å². The van der Waals surface area contributed by atoms with Gasteiger partial charge in [-0.2, -0.15) is 0 Å². The molecule has 0 aliphatic carbocycles. The van der Waals surface area contributed by atoms with Crippen LogP contribution in [0.25, 0.3) is 22.1 Å². The molecule has 0 saturated heterocycles. The number of amides is 1. The predicted molar refractivity (Wildman–Crippen MR) is 118 cm³/mol. The third-order valence-corrected chi connectivity index (χ3v) is 4.87. The molecule has 0 aliphatic rings. The highest BCUT2D eigenvalue weighted by molar-refractivity contribution is 6.33. The number of carbonyl (C=O) groups excluding carboxylic acids is 1. The minimum absolute atomic E-state index is 0.234. The van der Waals surface area contributed by atoms with Crippen LogP contribution in [0.15, 0.2) is 82.0 Å². The molecule has 5 nitrogen and oxygen atoms in total. The van der Waals surface area contributed by atoms with Crippen molar-refractivity contribution in [2.45, 2.75) is 6.92 Å². The Hall–Kier alpha value is -3.57. The highest BCUT2D eigenvalue weighted by atomic mass is 35.5. The maximum Gasteiger partial charge on any atom is 0.336 e. The number of aryl methyl sites for hydroxylation is 1. The van der Waals surface area contributed by atoms with E-state index in [1.54, 1.807) is 6.07 Å². The third-order valence-electron chi connectivity index (χ3n) is 4.58. The largest absolute Gasteiger partial charge is 0.482 e. The molecule has 4 aromatic rings. The van der Waals surface area contributed by atoms with Crippen molar-refractivity contribution in [3.8, 4) is 16.9 Å². The van der Waals surface area contributed by atoms with Crippen LogP contribution in [-0.4, -0.2) is 12.5 Å². The molecule has 150 valence electrons. The molecule has 1 heterocycles. The first-order valence-electron chi connectivity index (χ1n) is 9.32. The lowest BCUT2D eigenvalue weighted by Crippen LogP contribution is -2.20. The first-order chi connectivity index (χ1) is 14.5. The number of ether oxygens (including phenoxy) is 1. The number of carbonyl (C=O) groups is 1. The van der Waals surface area contributed by atoms with E-state index in [4.69, 9.17) is 20.8 Å². The number of hydrogen-bond donors (Lipinski definition) is 1. The first-order valence-corrected chi connectivity index (χ1v) is 9.69. The molecule has 1 aromatic heterocycles. The van der Waals surface area contributed by atoms with Crippen molar-refractivity contribution in [3.63, 3.8) is 0 Å². The van der Waals surface area contributed by atoms with Crippen molar-refractivity contribution in [3.05, 3.63) is 93.8 Å². The topological polar surface area (TPSA) is 68.5 Å². The molecule has 0 atom stereocenters. The molecule has 0 unspecified atom stereocenters. The van der Waals surface area contributed by atoms with Crippen LogP contribution >= 0.6 is 11.6 Å². The third kappa shape index (κ3) is 4.36. The maximum atomic E-state index is 12.2. The van der Waals surface area contributed by atoms with E-state index in [2.05, 4.69) is 5.32 Å². The second kappa shape index (κ2) is 8.43. The summed E-state index contributed by atoms with van der Waals surface area (Å²) in [5, 5.41) is 3.75.